The maximum absolute atomic E-state index is 11.1. The van der Waals surface area contributed by atoms with Crippen LogP contribution in [0, 0.1) is 18.3 Å². The Balaban J connectivity index is 2.92. The van der Waals surface area contributed by atoms with Crippen molar-refractivity contribution < 1.29 is 4.79 Å². The van der Waals surface area contributed by atoms with Crippen LogP contribution in [0.1, 0.15) is 12.0 Å². The molecule has 0 saturated heterocycles. The third-order valence-corrected chi connectivity index (χ3v) is 2.48. The van der Waals surface area contributed by atoms with Gasteiger partial charge in [-0.25, -0.2) is 0 Å². The Morgan fingerprint density at radius 2 is 2.13 bits per heavy atom. The van der Waals surface area contributed by atoms with Gasteiger partial charge in [-0.1, -0.05) is 23.2 Å². The van der Waals surface area contributed by atoms with Crippen molar-refractivity contribution in [2.24, 2.45) is 0 Å². The molecule has 5 heteroatoms. The van der Waals surface area contributed by atoms with E-state index in [9.17, 15) is 4.79 Å². The van der Waals surface area contributed by atoms with Gasteiger partial charge in [0.1, 0.15) is 6.42 Å². The number of nitrogens with one attached hydrogen (secondary N) is 1. The number of anilines is 1. The molecule has 0 aliphatic carbocycles. The van der Waals surface area contributed by atoms with E-state index in [1.165, 1.54) is 0 Å². The molecule has 0 saturated carbocycles. The zero-order chi connectivity index (χ0) is 11.4. The van der Waals surface area contributed by atoms with Crippen LogP contribution in [0.2, 0.25) is 10.0 Å². The van der Waals surface area contributed by atoms with E-state index in [2.05, 4.69) is 5.32 Å². The van der Waals surface area contributed by atoms with Crippen molar-refractivity contribution in [2.75, 3.05) is 5.32 Å². The Labute approximate surface area is 97.6 Å². The molecule has 1 aromatic carbocycles. The summed E-state index contributed by atoms with van der Waals surface area (Å²) in [5, 5.41) is 11.7. The van der Waals surface area contributed by atoms with Crippen LogP contribution in [0.15, 0.2) is 12.1 Å². The minimum absolute atomic E-state index is 0.196. The molecule has 1 aromatic rings. The molecule has 1 N–H and O–H groups in total. The van der Waals surface area contributed by atoms with Crippen molar-refractivity contribution in [1.29, 1.82) is 5.26 Å². The molecule has 0 heterocycles. The predicted molar refractivity (Wildman–Crippen MR) is 60.1 cm³/mol. The molecule has 0 atom stereocenters. The maximum atomic E-state index is 11.1. The van der Waals surface area contributed by atoms with Crippen molar-refractivity contribution in [3.05, 3.63) is 27.7 Å². The van der Waals surface area contributed by atoms with Crippen molar-refractivity contribution in [1.82, 2.24) is 0 Å². The fourth-order valence-corrected chi connectivity index (χ4v) is 1.45. The zero-order valence-corrected chi connectivity index (χ0v) is 9.49. The zero-order valence-electron chi connectivity index (χ0n) is 7.97. The minimum Gasteiger partial charge on any atom is -0.324 e. The van der Waals surface area contributed by atoms with Crippen LogP contribution >= 0.6 is 23.2 Å². The molecule has 0 aliphatic heterocycles. The largest absolute Gasteiger partial charge is 0.324 e. The van der Waals surface area contributed by atoms with Gasteiger partial charge in [-0.3, -0.25) is 4.79 Å². The number of carbonyl (C=O) groups is 1. The number of nitriles is 1. The average molecular weight is 243 g/mol. The van der Waals surface area contributed by atoms with Crippen LogP contribution < -0.4 is 5.32 Å². The molecule has 78 valence electrons. The van der Waals surface area contributed by atoms with Crippen LogP contribution in [-0.4, -0.2) is 5.91 Å². The summed E-state index contributed by atoms with van der Waals surface area (Å²) in [5.41, 5.74) is 1.28. The first-order valence-electron chi connectivity index (χ1n) is 4.17. The summed E-state index contributed by atoms with van der Waals surface area (Å²) in [4.78, 5) is 11.1. The van der Waals surface area contributed by atoms with Crippen LogP contribution in [0.4, 0.5) is 5.69 Å². The van der Waals surface area contributed by atoms with Crippen molar-refractivity contribution in [3.63, 3.8) is 0 Å². The summed E-state index contributed by atoms with van der Waals surface area (Å²) in [7, 11) is 0. The highest BCUT2D eigenvalue weighted by Gasteiger charge is 2.07. The van der Waals surface area contributed by atoms with E-state index in [4.69, 9.17) is 28.5 Å². The molecule has 15 heavy (non-hydrogen) atoms. The minimum atomic E-state index is -0.388. The topological polar surface area (TPSA) is 52.9 Å². The Morgan fingerprint density at radius 3 is 2.73 bits per heavy atom. The summed E-state index contributed by atoms with van der Waals surface area (Å²) >= 11 is 11.7. The number of aryl methyl sites for hydroxylation is 1. The smallest absolute Gasteiger partial charge is 0.238 e. The molecule has 0 fully saturated rings. The Bertz CT molecular complexity index is 438. The number of carbonyl (C=O) groups excluding carboxylic acids is 1. The molecular formula is C10H8Cl2N2O. The Hall–Kier alpha value is -1.24. The second-order valence-corrected chi connectivity index (χ2v) is 3.78. The summed E-state index contributed by atoms with van der Waals surface area (Å²) in [6, 6.07) is 4.97. The van der Waals surface area contributed by atoms with Gasteiger partial charge in [0, 0.05) is 5.02 Å². The predicted octanol–water partition coefficient (Wildman–Crippen LogP) is 3.15. The summed E-state index contributed by atoms with van der Waals surface area (Å²) < 4.78 is 0. The van der Waals surface area contributed by atoms with E-state index in [-0.39, 0.29) is 12.3 Å². The van der Waals surface area contributed by atoms with E-state index in [1.54, 1.807) is 25.1 Å². The summed E-state index contributed by atoms with van der Waals surface area (Å²) in [5.74, 6) is -0.388. The van der Waals surface area contributed by atoms with E-state index >= 15 is 0 Å². The normalized spacial score (nSPS) is 9.47. The molecule has 0 aliphatic rings. The Kier molecular flexibility index (Phi) is 3.96. The number of hydrogen-bond acceptors (Lipinski definition) is 2. The van der Waals surface area contributed by atoms with Crippen LogP contribution in [0.5, 0.6) is 0 Å². The van der Waals surface area contributed by atoms with Gasteiger partial charge in [0.15, 0.2) is 0 Å². The highest BCUT2D eigenvalue weighted by Crippen LogP contribution is 2.28. The summed E-state index contributed by atoms with van der Waals surface area (Å²) in [6.07, 6.45) is -0.196. The third kappa shape index (κ3) is 3.12. The van der Waals surface area contributed by atoms with Crippen LogP contribution in [0.3, 0.4) is 0 Å². The van der Waals surface area contributed by atoms with Gasteiger partial charge in [0.05, 0.1) is 16.8 Å². The summed E-state index contributed by atoms with van der Waals surface area (Å²) in [6.45, 7) is 1.80. The first-order valence-corrected chi connectivity index (χ1v) is 4.92. The molecule has 0 aromatic heterocycles. The standard InChI is InChI=1S/C10H8Cl2N2O/c1-6-4-9(8(12)5-7(6)11)14-10(15)2-3-13/h4-5H,2H2,1H3,(H,14,15). The quantitative estimate of drug-likeness (QED) is 0.867. The van der Waals surface area contributed by atoms with Crippen molar-refractivity contribution in [2.45, 2.75) is 13.3 Å². The van der Waals surface area contributed by atoms with E-state index in [1.807, 2.05) is 0 Å². The van der Waals surface area contributed by atoms with Crippen molar-refractivity contribution in [3.8, 4) is 6.07 Å². The fraction of sp³-hybridized carbons (Fsp3) is 0.200. The van der Waals surface area contributed by atoms with Gasteiger partial charge in [-0.2, -0.15) is 5.26 Å². The lowest BCUT2D eigenvalue weighted by Gasteiger charge is -2.07. The molecule has 0 unspecified atom stereocenters. The van der Waals surface area contributed by atoms with Gasteiger partial charge < -0.3 is 5.32 Å². The molecule has 0 spiro atoms. The highest BCUT2D eigenvalue weighted by molar-refractivity contribution is 6.37. The molecule has 3 nitrogen and oxygen atoms in total. The SMILES string of the molecule is Cc1cc(NC(=O)CC#N)c(Cl)cc1Cl. The van der Waals surface area contributed by atoms with Gasteiger partial charge in [-0.15, -0.1) is 0 Å². The number of amides is 1. The lowest BCUT2D eigenvalue weighted by Crippen LogP contribution is -2.10. The van der Waals surface area contributed by atoms with Gasteiger partial charge >= 0.3 is 0 Å². The number of hydrogen-bond donors (Lipinski definition) is 1. The first kappa shape index (κ1) is 11.8. The maximum Gasteiger partial charge on any atom is 0.238 e. The molecule has 0 radical (unpaired) electrons. The van der Waals surface area contributed by atoms with Gasteiger partial charge in [0.25, 0.3) is 0 Å². The van der Waals surface area contributed by atoms with Gasteiger partial charge in [-0.05, 0) is 24.6 Å². The van der Waals surface area contributed by atoms with Crippen LogP contribution in [-0.2, 0) is 4.79 Å². The first-order chi connectivity index (χ1) is 7.04. The highest BCUT2D eigenvalue weighted by atomic mass is 35.5. The Morgan fingerprint density at radius 1 is 1.47 bits per heavy atom. The number of rotatable bonds is 2. The van der Waals surface area contributed by atoms with E-state index in [0.717, 1.165) is 5.56 Å². The third-order valence-electron chi connectivity index (χ3n) is 1.76. The number of halogens is 2. The second kappa shape index (κ2) is 5.01. The van der Waals surface area contributed by atoms with E-state index in [0.29, 0.717) is 15.7 Å². The molecular weight excluding hydrogens is 235 g/mol. The lowest BCUT2D eigenvalue weighted by molar-refractivity contribution is -0.115. The van der Waals surface area contributed by atoms with Gasteiger partial charge in [0.2, 0.25) is 5.91 Å². The molecule has 1 rings (SSSR count). The number of benzene rings is 1. The number of nitrogens with zero attached hydrogens (tertiary/aromatic N) is 1. The van der Waals surface area contributed by atoms with E-state index < -0.39 is 0 Å². The average Bonchev–Trinajstić information content (AvgIpc) is 2.14. The molecule has 0 bridgehead atoms. The molecule has 1 amide bonds. The monoisotopic (exact) mass is 242 g/mol. The van der Waals surface area contributed by atoms with Crippen molar-refractivity contribution >= 4 is 34.8 Å². The lowest BCUT2D eigenvalue weighted by atomic mass is 10.2. The second-order valence-electron chi connectivity index (χ2n) is 2.96. The van der Waals surface area contributed by atoms with Crippen LogP contribution in [0.25, 0.3) is 0 Å². The fourth-order valence-electron chi connectivity index (χ4n) is 1.02.